The van der Waals surface area contributed by atoms with Crippen molar-refractivity contribution in [1.82, 2.24) is 10.2 Å². The molecule has 0 fully saturated rings. The predicted octanol–water partition coefficient (Wildman–Crippen LogP) is 3.26. The number of carbonyl (C=O) groups excluding carboxylic acids is 1. The summed E-state index contributed by atoms with van der Waals surface area (Å²) in [6.07, 6.45) is 1.47. The maximum Gasteiger partial charge on any atom is 0.171 e. The molecule has 0 aliphatic heterocycles. The highest BCUT2D eigenvalue weighted by Crippen LogP contribution is 2.24. The van der Waals surface area contributed by atoms with Gasteiger partial charge in [0, 0.05) is 17.7 Å². The molecule has 0 amide bonds. The minimum atomic E-state index is -0.876. The van der Waals surface area contributed by atoms with Crippen molar-refractivity contribution in [2.75, 3.05) is 0 Å². The zero-order valence-corrected chi connectivity index (χ0v) is 10.5. The van der Waals surface area contributed by atoms with Crippen LogP contribution in [-0.4, -0.2) is 16.0 Å². The van der Waals surface area contributed by atoms with Crippen LogP contribution in [0.2, 0.25) is 0 Å². The van der Waals surface area contributed by atoms with E-state index in [9.17, 15) is 13.6 Å². The van der Waals surface area contributed by atoms with E-state index in [1.54, 1.807) is 26.0 Å². The quantitative estimate of drug-likeness (QED) is 0.797. The van der Waals surface area contributed by atoms with Crippen molar-refractivity contribution in [3.63, 3.8) is 0 Å². The van der Waals surface area contributed by atoms with Gasteiger partial charge in [-0.2, -0.15) is 10.2 Å². The largest absolute Gasteiger partial charge is 0.294 e. The fourth-order valence-electron chi connectivity index (χ4n) is 1.70. The van der Waals surface area contributed by atoms with Gasteiger partial charge in [-0.1, -0.05) is 13.8 Å². The maximum absolute atomic E-state index is 13.9. The number of hydrogen-bond donors (Lipinski definition) is 0. The van der Waals surface area contributed by atoms with Gasteiger partial charge in [-0.05, 0) is 24.3 Å². The van der Waals surface area contributed by atoms with Crippen LogP contribution < -0.4 is 0 Å². The van der Waals surface area contributed by atoms with E-state index in [0.717, 1.165) is 12.1 Å². The van der Waals surface area contributed by atoms with E-state index >= 15 is 0 Å². The molecule has 1 aromatic heterocycles. The lowest BCUT2D eigenvalue weighted by Gasteiger charge is -2.09. The van der Waals surface area contributed by atoms with Gasteiger partial charge in [-0.15, -0.1) is 0 Å². The number of ketones is 1. The van der Waals surface area contributed by atoms with E-state index in [2.05, 4.69) is 10.2 Å². The number of rotatable bonds is 3. The first-order chi connectivity index (χ1) is 9.00. The standard InChI is InChI=1S/C14H12F2N2O/c1-8(2)14(19)13-10(15)6-9(7-11(13)16)12-4-3-5-17-18-12/h3-8H,1-2H3. The molecule has 3 nitrogen and oxygen atoms in total. The molecule has 2 aromatic rings. The molecule has 0 radical (unpaired) electrons. The highest BCUT2D eigenvalue weighted by atomic mass is 19.1. The summed E-state index contributed by atoms with van der Waals surface area (Å²) in [4.78, 5) is 11.7. The van der Waals surface area contributed by atoms with Crippen molar-refractivity contribution in [2.45, 2.75) is 13.8 Å². The van der Waals surface area contributed by atoms with Crippen LogP contribution in [0.1, 0.15) is 24.2 Å². The molecule has 1 aromatic carbocycles. The molecule has 0 atom stereocenters. The Balaban J connectivity index is 2.52. The fourth-order valence-corrected chi connectivity index (χ4v) is 1.70. The van der Waals surface area contributed by atoms with Crippen molar-refractivity contribution in [2.24, 2.45) is 5.92 Å². The molecule has 2 rings (SSSR count). The van der Waals surface area contributed by atoms with Crippen LogP contribution in [0.3, 0.4) is 0 Å². The van der Waals surface area contributed by atoms with Crippen LogP contribution in [0.25, 0.3) is 11.3 Å². The van der Waals surface area contributed by atoms with Gasteiger partial charge in [-0.25, -0.2) is 8.78 Å². The van der Waals surface area contributed by atoms with Gasteiger partial charge >= 0.3 is 0 Å². The van der Waals surface area contributed by atoms with Crippen molar-refractivity contribution >= 4 is 5.78 Å². The Morgan fingerprint density at radius 3 is 2.32 bits per heavy atom. The molecule has 98 valence electrons. The molecule has 1 heterocycles. The summed E-state index contributed by atoms with van der Waals surface area (Å²) in [6.45, 7) is 3.19. The minimum absolute atomic E-state index is 0.253. The number of halogens is 2. The number of aromatic nitrogens is 2. The molecule has 0 aliphatic carbocycles. The Morgan fingerprint density at radius 2 is 1.84 bits per heavy atom. The van der Waals surface area contributed by atoms with Gasteiger partial charge in [0.05, 0.1) is 11.3 Å². The lowest BCUT2D eigenvalue weighted by Crippen LogP contribution is -2.12. The highest BCUT2D eigenvalue weighted by Gasteiger charge is 2.21. The summed E-state index contributed by atoms with van der Waals surface area (Å²) < 4.78 is 27.8. The number of hydrogen-bond acceptors (Lipinski definition) is 3. The summed E-state index contributed by atoms with van der Waals surface area (Å²) in [5.41, 5.74) is 0.106. The first-order valence-electron chi connectivity index (χ1n) is 5.82. The number of benzene rings is 1. The summed E-state index contributed by atoms with van der Waals surface area (Å²) in [7, 11) is 0. The summed E-state index contributed by atoms with van der Waals surface area (Å²) in [6, 6.07) is 5.40. The average molecular weight is 262 g/mol. The maximum atomic E-state index is 13.9. The molecule has 5 heteroatoms. The van der Waals surface area contributed by atoms with Crippen LogP contribution in [0.5, 0.6) is 0 Å². The molecule has 0 saturated carbocycles. The van der Waals surface area contributed by atoms with Gasteiger partial charge in [0.2, 0.25) is 0 Å². The topological polar surface area (TPSA) is 42.9 Å². The predicted molar refractivity (Wildman–Crippen MR) is 66.6 cm³/mol. The molecule has 0 saturated heterocycles. The number of nitrogens with zero attached hydrogens (tertiary/aromatic N) is 2. The molecule has 19 heavy (non-hydrogen) atoms. The third kappa shape index (κ3) is 2.65. The summed E-state index contributed by atoms with van der Waals surface area (Å²) in [5.74, 6) is -2.77. The van der Waals surface area contributed by atoms with Crippen molar-refractivity contribution in [1.29, 1.82) is 0 Å². The van der Waals surface area contributed by atoms with E-state index < -0.39 is 28.9 Å². The number of Topliss-reactive ketones (excluding diaryl/α,β-unsaturated/α-hetero) is 1. The zero-order chi connectivity index (χ0) is 14.0. The smallest absolute Gasteiger partial charge is 0.171 e. The molecule has 0 spiro atoms. The fraction of sp³-hybridized carbons (Fsp3) is 0.214. The van der Waals surface area contributed by atoms with Crippen LogP contribution in [-0.2, 0) is 0 Å². The first-order valence-corrected chi connectivity index (χ1v) is 5.82. The van der Waals surface area contributed by atoms with E-state index in [-0.39, 0.29) is 5.56 Å². The highest BCUT2D eigenvalue weighted by molar-refractivity contribution is 5.98. The molecular weight excluding hydrogens is 250 g/mol. The van der Waals surface area contributed by atoms with Crippen LogP contribution in [0, 0.1) is 17.6 Å². The normalized spacial score (nSPS) is 10.8. The van der Waals surface area contributed by atoms with Gasteiger partial charge in [0.15, 0.2) is 5.78 Å². The van der Waals surface area contributed by atoms with Crippen LogP contribution >= 0.6 is 0 Å². The second-order valence-electron chi connectivity index (χ2n) is 4.44. The SMILES string of the molecule is CC(C)C(=O)c1c(F)cc(-c2cccnn2)cc1F. The minimum Gasteiger partial charge on any atom is -0.294 e. The molecule has 0 unspecified atom stereocenters. The Hall–Kier alpha value is -2.17. The van der Waals surface area contributed by atoms with E-state index in [0.29, 0.717) is 5.69 Å². The Morgan fingerprint density at radius 1 is 1.21 bits per heavy atom. The summed E-state index contributed by atoms with van der Waals surface area (Å²) in [5, 5.41) is 7.42. The van der Waals surface area contributed by atoms with Gasteiger partial charge in [0.1, 0.15) is 11.6 Å². The van der Waals surface area contributed by atoms with Crippen molar-refractivity contribution in [3.8, 4) is 11.3 Å². The summed E-state index contributed by atoms with van der Waals surface area (Å²) >= 11 is 0. The average Bonchev–Trinajstić information content (AvgIpc) is 2.38. The third-order valence-corrected chi connectivity index (χ3v) is 2.68. The van der Waals surface area contributed by atoms with Crippen molar-refractivity contribution < 1.29 is 13.6 Å². The monoisotopic (exact) mass is 262 g/mol. The third-order valence-electron chi connectivity index (χ3n) is 2.68. The zero-order valence-electron chi connectivity index (χ0n) is 10.5. The second-order valence-corrected chi connectivity index (χ2v) is 4.44. The lowest BCUT2D eigenvalue weighted by molar-refractivity contribution is 0.0931. The molecule has 0 bridgehead atoms. The van der Waals surface area contributed by atoms with Gasteiger partial charge in [0.25, 0.3) is 0 Å². The van der Waals surface area contributed by atoms with E-state index in [1.807, 2.05) is 0 Å². The van der Waals surface area contributed by atoms with Crippen LogP contribution in [0.4, 0.5) is 8.78 Å². The van der Waals surface area contributed by atoms with E-state index in [1.165, 1.54) is 6.20 Å². The first kappa shape index (κ1) is 13.3. The Bertz CT molecular complexity index is 589. The second kappa shape index (κ2) is 5.22. The van der Waals surface area contributed by atoms with Crippen LogP contribution in [0.15, 0.2) is 30.5 Å². The Labute approximate surface area is 109 Å². The number of carbonyl (C=O) groups is 1. The Kier molecular flexibility index (Phi) is 3.64. The van der Waals surface area contributed by atoms with Crippen molar-refractivity contribution in [3.05, 3.63) is 47.7 Å². The molecule has 0 N–H and O–H groups in total. The molecular formula is C14H12F2N2O. The lowest BCUT2D eigenvalue weighted by atomic mass is 9.98. The van der Waals surface area contributed by atoms with E-state index in [4.69, 9.17) is 0 Å². The van der Waals surface area contributed by atoms with Gasteiger partial charge in [-0.3, -0.25) is 4.79 Å². The van der Waals surface area contributed by atoms with Gasteiger partial charge < -0.3 is 0 Å². The molecule has 0 aliphatic rings.